The van der Waals surface area contributed by atoms with Crippen LogP contribution in [0.2, 0.25) is 0 Å². The van der Waals surface area contributed by atoms with Crippen LogP contribution in [0.5, 0.6) is 0 Å². The van der Waals surface area contributed by atoms with E-state index in [1.165, 1.54) is 11.1 Å². The van der Waals surface area contributed by atoms with Crippen LogP contribution in [0.4, 0.5) is 0 Å². The van der Waals surface area contributed by atoms with Crippen molar-refractivity contribution in [2.45, 2.75) is 26.2 Å². The first-order chi connectivity index (χ1) is 6.59. The molecule has 2 rings (SSSR count). The molecule has 0 bridgehead atoms. The standard InChI is InChI=1S/C12H14O2/c1-7-3-4-10-9(5-7)6-8(2)11(10)12(13)14/h3-5,8,11H,6H2,1-2H3,(H,13,14). The third kappa shape index (κ3) is 1.31. The van der Waals surface area contributed by atoms with Gasteiger partial charge in [0.1, 0.15) is 0 Å². The van der Waals surface area contributed by atoms with Crippen molar-refractivity contribution in [1.82, 2.24) is 0 Å². The van der Waals surface area contributed by atoms with Gasteiger partial charge in [-0.2, -0.15) is 0 Å². The minimum atomic E-state index is -0.694. The van der Waals surface area contributed by atoms with Crippen molar-refractivity contribution in [2.24, 2.45) is 5.92 Å². The zero-order valence-corrected chi connectivity index (χ0v) is 8.45. The summed E-state index contributed by atoms with van der Waals surface area (Å²) < 4.78 is 0. The molecule has 0 aliphatic heterocycles. The lowest BCUT2D eigenvalue weighted by Crippen LogP contribution is -2.14. The van der Waals surface area contributed by atoms with Crippen LogP contribution in [0.3, 0.4) is 0 Å². The second kappa shape index (κ2) is 3.12. The molecule has 1 N–H and O–H groups in total. The smallest absolute Gasteiger partial charge is 0.311 e. The molecule has 0 heterocycles. The number of fused-ring (bicyclic) bond motifs is 1. The van der Waals surface area contributed by atoms with E-state index in [1.54, 1.807) is 0 Å². The van der Waals surface area contributed by atoms with Crippen molar-refractivity contribution in [2.75, 3.05) is 0 Å². The van der Waals surface area contributed by atoms with E-state index >= 15 is 0 Å². The number of aliphatic carboxylic acids is 1. The van der Waals surface area contributed by atoms with Crippen LogP contribution in [0.15, 0.2) is 18.2 Å². The molecule has 1 aromatic carbocycles. The first-order valence-electron chi connectivity index (χ1n) is 4.92. The number of hydrogen-bond donors (Lipinski definition) is 1. The summed E-state index contributed by atoms with van der Waals surface area (Å²) in [6, 6.07) is 6.06. The van der Waals surface area contributed by atoms with E-state index < -0.39 is 5.97 Å². The molecule has 1 aliphatic rings. The van der Waals surface area contributed by atoms with Gasteiger partial charge in [0.25, 0.3) is 0 Å². The second-order valence-corrected chi connectivity index (χ2v) is 4.20. The van der Waals surface area contributed by atoms with Gasteiger partial charge in [-0.25, -0.2) is 0 Å². The Hall–Kier alpha value is -1.31. The molecule has 2 atom stereocenters. The predicted molar refractivity (Wildman–Crippen MR) is 54.4 cm³/mol. The third-order valence-electron chi connectivity index (χ3n) is 3.01. The van der Waals surface area contributed by atoms with Gasteiger partial charge in [-0.3, -0.25) is 4.79 Å². The molecule has 1 aliphatic carbocycles. The van der Waals surface area contributed by atoms with Gasteiger partial charge in [0.15, 0.2) is 0 Å². The van der Waals surface area contributed by atoms with Crippen LogP contribution in [-0.4, -0.2) is 11.1 Å². The highest BCUT2D eigenvalue weighted by Crippen LogP contribution is 2.38. The lowest BCUT2D eigenvalue weighted by atomic mass is 9.94. The lowest BCUT2D eigenvalue weighted by molar-refractivity contribution is -0.139. The molecular formula is C12H14O2. The molecule has 0 saturated carbocycles. The third-order valence-corrected chi connectivity index (χ3v) is 3.01. The first kappa shape index (κ1) is 9.25. The summed E-state index contributed by atoms with van der Waals surface area (Å²) in [5.74, 6) is -0.769. The topological polar surface area (TPSA) is 37.3 Å². The Morgan fingerprint density at radius 2 is 2.21 bits per heavy atom. The van der Waals surface area contributed by atoms with E-state index in [0.29, 0.717) is 0 Å². The van der Waals surface area contributed by atoms with Crippen molar-refractivity contribution < 1.29 is 9.90 Å². The van der Waals surface area contributed by atoms with Crippen LogP contribution in [-0.2, 0) is 11.2 Å². The monoisotopic (exact) mass is 190 g/mol. The average molecular weight is 190 g/mol. The van der Waals surface area contributed by atoms with Crippen molar-refractivity contribution in [3.8, 4) is 0 Å². The maximum Gasteiger partial charge on any atom is 0.311 e. The Balaban J connectivity index is 2.48. The highest BCUT2D eigenvalue weighted by atomic mass is 16.4. The molecule has 0 radical (unpaired) electrons. The minimum Gasteiger partial charge on any atom is -0.481 e. The molecule has 0 saturated heterocycles. The molecule has 14 heavy (non-hydrogen) atoms. The SMILES string of the molecule is Cc1ccc2c(c1)CC(C)C2C(=O)O. The lowest BCUT2D eigenvalue weighted by Gasteiger charge is -2.10. The maximum atomic E-state index is 11.1. The van der Waals surface area contributed by atoms with Gasteiger partial charge in [0, 0.05) is 0 Å². The second-order valence-electron chi connectivity index (χ2n) is 4.20. The van der Waals surface area contributed by atoms with Crippen molar-refractivity contribution in [3.63, 3.8) is 0 Å². The summed E-state index contributed by atoms with van der Waals surface area (Å²) >= 11 is 0. The molecule has 74 valence electrons. The van der Waals surface area contributed by atoms with E-state index in [-0.39, 0.29) is 11.8 Å². The largest absolute Gasteiger partial charge is 0.481 e. The fourth-order valence-corrected chi connectivity index (χ4v) is 2.36. The summed E-state index contributed by atoms with van der Waals surface area (Å²) in [4.78, 5) is 11.1. The van der Waals surface area contributed by atoms with Crippen molar-refractivity contribution >= 4 is 5.97 Å². The quantitative estimate of drug-likeness (QED) is 0.738. The number of carboxylic acid groups (broad SMARTS) is 1. The minimum absolute atomic E-state index is 0.226. The Bertz CT molecular complexity index is 382. The summed E-state index contributed by atoms with van der Waals surface area (Å²) in [5.41, 5.74) is 3.43. The number of carboxylic acids is 1. The Kier molecular flexibility index (Phi) is 2.06. The summed E-state index contributed by atoms with van der Waals surface area (Å²) in [7, 11) is 0. The molecule has 0 spiro atoms. The van der Waals surface area contributed by atoms with Gasteiger partial charge >= 0.3 is 5.97 Å². The molecular weight excluding hydrogens is 176 g/mol. The normalized spacial score (nSPS) is 24.7. The summed E-state index contributed by atoms with van der Waals surface area (Å²) in [5, 5.41) is 9.10. The molecule has 2 nitrogen and oxygen atoms in total. The highest BCUT2D eigenvalue weighted by Gasteiger charge is 2.34. The number of rotatable bonds is 1. The van der Waals surface area contributed by atoms with E-state index in [9.17, 15) is 4.79 Å². The van der Waals surface area contributed by atoms with Crippen molar-refractivity contribution in [1.29, 1.82) is 0 Å². The van der Waals surface area contributed by atoms with E-state index in [1.807, 2.05) is 26.0 Å². The zero-order chi connectivity index (χ0) is 10.3. The van der Waals surface area contributed by atoms with Crippen LogP contribution < -0.4 is 0 Å². The number of benzene rings is 1. The summed E-state index contributed by atoms with van der Waals surface area (Å²) in [6.45, 7) is 4.05. The fourth-order valence-electron chi connectivity index (χ4n) is 2.36. The zero-order valence-electron chi connectivity index (χ0n) is 8.45. The Labute approximate surface area is 83.6 Å². The van der Waals surface area contributed by atoms with Crippen LogP contribution in [0.25, 0.3) is 0 Å². The molecule has 1 aromatic rings. The number of hydrogen-bond acceptors (Lipinski definition) is 1. The molecule has 0 aromatic heterocycles. The van der Waals surface area contributed by atoms with Gasteiger partial charge < -0.3 is 5.11 Å². The molecule has 0 fully saturated rings. The highest BCUT2D eigenvalue weighted by molar-refractivity contribution is 5.78. The Morgan fingerprint density at radius 3 is 2.86 bits per heavy atom. The van der Waals surface area contributed by atoms with E-state index in [0.717, 1.165) is 12.0 Å². The van der Waals surface area contributed by atoms with Crippen molar-refractivity contribution in [3.05, 3.63) is 34.9 Å². The first-order valence-corrected chi connectivity index (χ1v) is 4.92. The summed E-state index contributed by atoms with van der Waals surface area (Å²) in [6.07, 6.45) is 0.897. The van der Waals surface area contributed by atoms with Crippen LogP contribution in [0, 0.1) is 12.8 Å². The molecule has 2 heteroatoms. The number of carbonyl (C=O) groups is 1. The van der Waals surface area contributed by atoms with Gasteiger partial charge in [-0.05, 0) is 30.4 Å². The van der Waals surface area contributed by atoms with Gasteiger partial charge in [-0.15, -0.1) is 0 Å². The maximum absolute atomic E-state index is 11.1. The van der Waals surface area contributed by atoms with Crippen LogP contribution in [0.1, 0.15) is 29.5 Å². The number of aryl methyl sites for hydroxylation is 1. The fraction of sp³-hybridized carbons (Fsp3) is 0.417. The van der Waals surface area contributed by atoms with Crippen LogP contribution >= 0.6 is 0 Å². The van der Waals surface area contributed by atoms with Gasteiger partial charge in [0.05, 0.1) is 5.92 Å². The molecule has 2 unspecified atom stereocenters. The molecule has 0 amide bonds. The Morgan fingerprint density at radius 1 is 1.50 bits per heavy atom. The average Bonchev–Trinajstić information content (AvgIpc) is 2.39. The van der Waals surface area contributed by atoms with E-state index in [4.69, 9.17) is 5.11 Å². The predicted octanol–water partition coefficient (Wildman–Crippen LogP) is 2.36. The van der Waals surface area contributed by atoms with E-state index in [2.05, 4.69) is 6.07 Å². The van der Waals surface area contributed by atoms with Gasteiger partial charge in [0.2, 0.25) is 0 Å². The van der Waals surface area contributed by atoms with Gasteiger partial charge in [-0.1, -0.05) is 30.7 Å².